The molecule has 1 heterocycles. The molecule has 0 aliphatic rings. The third-order valence-electron chi connectivity index (χ3n) is 2.10. The second kappa shape index (κ2) is 3.65. The number of benzene rings is 1. The summed E-state index contributed by atoms with van der Waals surface area (Å²) in [6, 6.07) is 12.3. The van der Waals surface area contributed by atoms with Crippen LogP contribution in [0.4, 0.5) is 0 Å². The van der Waals surface area contributed by atoms with Gasteiger partial charge in [0.2, 0.25) is 0 Å². The Balaban J connectivity index is 2.50. The van der Waals surface area contributed by atoms with Crippen molar-refractivity contribution in [3.8, 4) is 16.5 Å². The second-order valence-electron chi connectivity index (χ2n) is 3.14. The molecule has 0 saturated heterocycles. The van der Waals surface area contributed by atoms with E-state index in [1.54, 1.807) is 11.3 Å². The number of hydrogen-bond donors (Lipinski definition) is 0. The highest BCUT2D eigenvalue weighted by molar-refractivity contribution is 7.13. The first-order chi connectivity index (χ1) is 6.81. The van der Waals surface area contributed by atoms with E-state index in [1.807, 2.05) is 11.4 Å². The number of nitrogens with zero attached hydrogens (tertiary/aromatic N) is 1. The van der Waals surface area contributed by atoms with Gasteiger partial charge >= 0.3 is 0 Å². The third-order valence-corrected chi connectivity index (χ3v) is 3.06. The predicted molar refractivity (Wildman–Crippen MR) is 59.2 cm³/mol. The zero-order valence-electron chi connectivity index (χ0n) is 7.82. The Morgan fingerprint density at radius 3 is 2.50 bits per heavy atom. The zero-order chi connectivity index (χ0) is 9.97. The van der Waals surface area contributed by atoms with E-state index in [9.17, 15) is 0 Å². The Labute approximate surface area is 87.3 Å². The van der Waals surface area contributed by atoms with Gasteiger partial charge in [-0.15, -0.1) is 11.3 Å². The topological polar surface area (TPSA) is 23.8 Å². The van der Waals surface area contributed by atoms with Gasteiger partial charge in [0.05, 0.1) is 10.4 Å². The molecule has 0 atom stereocenters. The smallest absolute Gasteiger partial charge is 0.101 e. The van der Waals surface area contributed by atoms with Crippen LogP contribution in [0.25, 0.3) is 10.4 Å². The molecule has 0 unspecified atom stereocenters. The lowest BCUT2D eigenvalue weighted by Gasteiger charge is -1.98. The van der Waals surface area contributed by atoms with E-state index in [2.05, 4.69) is 37.3 Å². The highest BCUT2D eigenvalue weighted by Gasteiger charge is 2.05. The van der Waals surface area contributed by atoms with Crippen LogP contribution in [0, 0.1) is 18.3 Å². The fourth-order valence-corrected chi connectivity index (χ4v) is 2.18. The van der Waals surface area contributed by atoms with Crippen molar-refractivity contribution in [3.05, 3.63) is 46.8 Å². The number of hydrogen-bond acceptors (Lipinski definition) is 2. The molecular weight excluding hydrogens is 190 g/mol. The highest BCUT2D eigenvalue weighted by Crippen LogP contribution is 2.28. The normalized spacial score (nSPS) is 9.71. The summed E-state index contributed by atoms with van der Waals surface area (Å²) >= 11 is 1.61. The number of nitriles is 1. The van der Waals surface area contributed by atoms with Crippen molar-refractivity contribution in [2.75, 3.05) is 0 Å². The van der Waals surface area contributed by atoms with Gasteiger partial charge in [-0.25, -0.2) is 0 Å². The van der Waals surface area contributed by atoms with Gasteiger partial charge in [0.15, 0.2) is 0 Å². The minimum Gasteiger partial charge on any atom is -0.192 e. The molecule has 68 valence electrons. The molecule has 0 amide bonds. The van der Waals surface area contributed by atoms with Gasteiger partial charge in [0.1, 0.15) is 6.07 Å². The predicted octanol–water partition coefficient (Wildman–Crippen LogP) is 3.60. The van der Waals surface area contributed by atoms with Crippen molar-refractivity contribution < 1.29 is 0 Å². The molecule has 1 nitrogen and oxygen atoms in total. The molecule has 0 N–H and O–H groups in total. The van der Waals surface area contributed by atoms with Gasteiger partial charge in [-0.3, -0.25) is 0 Å². The molecule has 0 saturated carbocycles. The van der Waals surface area contributed by atoms with Crippen LogP contribution in [0.15, 0.2) is 35.7 Å². The van der Waals surface area contributed by atoms with E-state index < -0.39 is 0 Å². The van der Waals surface area contributed by atoms with Crippen LogP contribution in [0.5, 0.6) is 0 Å². The van der Waals surface area contributed by atoms with Crippen LogP contribution < -0.4 is 0 Å². The summed E-state index contributed by atoms with van der Waals surface area (Å²) in [4.78, 5) is 1.06. The summed E-state index contributed by atoms with van der Waals surface area (Å²) in [5.41, 5.74) is 3.13. The average Bonchev–Trinajstić information content (AvgIpc) is 2.67. The van der Waals surface area contributed by atoms with Crippen molar-refractivity contribution in [1.29, 1.82) is 5.26 Å². The Bertz CT molecular complexity index is 474. The van der Waals surface area contributed by atoms with Crippen molar-refractivity contribution in [1.82, 2.24) is 0 Å². The molecule has 14 heavy (non-hydrogen) atoms. The Morgan fingerprint density at radius 1 is 1.14 bits per heavy atom. The first-order valence-electron chi connectivity index (χ1n) is 4.36. The van der Waals surface area contributed by atoms with E-state index in [4.69, 9.17) is 5.26 Å². The summed E-state index contributed by atoms with van der Waals surface area (Å²) in [5.74, 6) is 0. The van der Waals surface area contributed by atoms with Gasteiger partial charge in [0.25, 0.3) is 0 Å². The molecule has 0 aliphatic heterocycles. The lowest BCUT2D eigenvalue weighted by atomic mass is 10.1. The van der Waals surface area contributed by atoms with Gasteiger partial charge in [0, 0.05) is 0 Å². The lowest BCUT2D eigenvalue weighted by molar-refractivity contribution is 1.47. The fourth-order valence-electron chi connectivity index (χ4n) is 1.33. The molecule has 1 aromatic carbocycles. The average molecular weight is 199 g/mol. The molecule has 2 aromatic rings. The SMILES string of the molecule is Cc1ccc(-c2sccc2C#N)cc1. The van der Waals surface area contributed by atoms with Crippen LogP contribution in [-0.2, 0) is 0 Å². The highest BCUT2D eigenvalue weighted by atomic mass is 32.1. The number of thiophene rings is 1. The Kier molecular flexibility index (Phi) is 2.34. The quantitative estimate of drug-likeness (QED) is 0.688. The van der Waals surface area contributed by atoms with E-state index in [0.717, 1.165) is 16.0 Å². The van der Waals surface area contributed by atoms with Crippen LogP contribution in [-0.4, -0.2) is 0 Å². The van der Waals surface area contributed by atoms with Crippen LogP contribution in [0.1, 0.15) is 11.1 Å². The summed E-state index contributed by atoms with van der Waals surface area (Å²) < 4.78 is 0. The van der Waals surface area contributed by atoms with E-state index >= 15 is 0 Å². The summed E-state index contributed by atoms with van der Waals surface area (Å²) in [5, 5.41) is 10.8. The van der Waals surface area contributed by atoms with Crippen LogP contribution in [0.3, 0.4) is 0 Å². The standard InChI is InChI=1S/C12H9NS/c1-9-2-4-10(5-3-9)12-11(8-13)6-7-14-12/h2-7H,1H3. The monoisotopic (exact) mass is 199 g/mol. The molecule has 0 radical (unpaired) electrons. The van der Waals surface area contributed by atoms with E-state index in [0.29, 0.717) is 0 Å². The van der Waals surface area contributed by atoms with Gasteiger partial charge < -0.3 is 0 Å². The van der Waals surface area contributed by atoms with Crippen LogP contribution >= 0.6 is 11.3 Å². The number of rotatable bonds is 1. The molecular formula is C12H9NS. The second-order valence-corrected chi connectivity index (χ2v) is 4.06. The van der Waals surface area contributed by atoms with E-state index in [-0.39, 0.29) is 0 Å². The van der Waals surface area contributed by atoms with Gasteiger partial charge in [-0.05, 0) is 23.9 Å². The van der Waals surface area contributed by atoms with Crippen molar-refractivity contribution in [2.24, 2.45) is 0 Å². The maximum Gasteiger partial charge on any atom is 0.101 e. The third kappa shape index (κ3) is 1.55. The molecule has 2 rings (SSSR count). The van der Waals surface area contributed by atoms with Crippen molar-refractivity contribution in [2.45, 2.75) is 6.92 Å². The maximum absolute atomic E-state index is 8.88. The van der Waals surface area contributed by atoms with Gasteiger partial charge in [-0.2, -0.15) is 5.26 Å². The largest absolute Gasteiger partial charge is 0.192 e. The lowest BCUT2D eigenvalue weighted by Crippen LogP contribution is -1.77. The van der Waals surface area contributed by atoms with E-state index in [1.165, 1.54) is 5.56 Å². The zero-order valence-corrected chi connectivity index (χ0v) is 8.64. The first kappa shape index (κ1) is 8.98. The molecule has 0 fully saturated rings. The summed E-state index contributed by atoms with van der Waals surface area (Å²) in [6.45, 7) is 2.06. The minimum absolute atomic E-state index is 0.763. The number of aryl methyl sites for hydroxylation is 1. The molecule has 0 spiro atoms. The summed E-state index contributed by atoms with van der Waals surface area (Å²) in [7, 11) is 0. The molecule has 0 aliphatic carbocycles. The molecule has 2 heteroatoms. The molecule has 0 bridgehead atoms. The Morgan fingerprint density at radius 2 is 1.86 bits per heavy atom. The molecule has 1 aromatic heterocycles. The Hall–Kier alpha value is -1.59. The van der Waals surface area contributed by atoms with Gasteiger partial charge in [-0.1, -0.05) is 29.8 Å². The minimum atomic E-state index is 0.763. The first-order valence-corrected chi connectivity index (χ1v) is 5.24. The summed E-state index contributed by atoms with van der Waals surface area (Å²) in [6.07, 6.45) is 0. The van der Waals surface area contributed by atoms with Crippen LogP contribution in [0.2, 0.25) is 0 Å². The van der Waals surface area contributed by atoms with Crippen molar-refractivity contribution >= 4 is 11.3 Å². The maximum atomic E-state index is 8.88. The van der Waals surface area contributed by atoms with Crippen molar-refractivity contribution in [3.63, 3.8) is 0 Å². The fraction of sp³-hybridized carbons (Fsp3) is 0.0833.